The van der Waals surface area contributed by atoms with Crippen LogP contribution in [0.15, 0.2) is 36.4 Å². The molecule has 0 atom stereocenters. The third-order valence-electron chi connectivity index (χ3n) is 3.34. The maximum Gasteiger partial charge on any atom is 0.172 e. The van der Waals surface area contributed by atoms with Crippen LogP contribution in [0, 0.1) is 12.7 Å². The summed E-state index contributed by atoms with van der Waals surface area (Å²) in [5, 5.41) is 3.29. The summed E-state index contributed by atoms with van der Waals surface area (Å²) in [4.78, 5) is 0. The number of nitrogens with one attached hydrogen (secondary N) is 1. The van der Waals surface area contributed by atoms with Crippen molar-refractivity contribution < 1.29 is 9.13 Å². The zero-order valence-electron chi connectivity index (χ0n) is 12.2. The number of rotatable bonds is 5. The van der Waals surface area contributed by atoms with Gasteiger partial charge < -0.3 is 10.1 Å². The lowest BCUT2D eigenvalue weighted by Crippen LogP contribution is -2.11. The summed E-state index contributed by atoms with van der Waals surface area (Å²) < 4.78 is 19.3. The first-order valence-electron chi connectivity index (χ1n) is 6.80. The second-order valence-corrected chi connectivity index (χ2v) is 4.75. The van der Waals surface area contributed by atoms with Gasteiger partial charge in [-0.2, -0.15) is 0 Å². The molecule has 0 saturated carbocycles. The standard InChI is InChI=1S/C17H20FNO/c1-4-19-11-13-8-9-14(12(2)10-13)15-6-5-7-16(20-3)17(15)18/h5-10,19H,4,11H2,1-3H3. The van der Waals surface area contributed by atoms with E-state index in [4.69, 9.17) is 4.74 Å². The lowest BCUT2D eigenvalue weighted by atomic mass is 9.97. The zero-order valence-corrected chi connectivity index (χ0v) is 12.2. The molecule has 0 bridgehead atoms. The maximum absolute atomic E-state index is 14.3. The van der Waals surface area contributed by atoms with Gasteiger partial charge in [0.25, 0.3) is 0 Å². The number of ether oxygens (including phenoxy) is 1. The van der Waals surface area contributed by atoms with Crippen molar-refractivity contribution in [3.05, 3.63) is 53.3 Å². The minimum atomic E-state index is -0.308. The molecule has 2 aromatic carbocycles. The molecule has 0 spiro atoms. The van der Waals surface area contributed by atoms with Gasteiger partial charge in [0, 0.05) is 12.1 Å². The lowest BCUT2D eigenvalue weighted by Gasteiger charge is -2.12. The highest BCUT2D eigenvalue weighted by atomic mass is 19.1. The third-order valence-corrected chi connectivity index (χ3v) is 3.34. The molecule has 0 unspecified atom stereocenters. The smallest absolute Gasteiger partial charge is 0.172 e. The minimum absolute atomic E-state index is 0.277. The largest absolute Gasteiger partial charge is 0.494 e. The molecule has 0 saturated heterocycles. The second kappa shape index (κ2) is 6.53. The molecule has 0 aliphatic carbocycles. The van der Waals surface area contributed by atoms with Crippen LogP contribution in [0.4, 0.5) is 4.39 Å². The molecular weight excluding hydrogens is 253 g/mol. The van der Waals surface area contributed by atoms with E-state index in [0.717, 1.165) is 24.2 Å². The Balaban J connectivity index is 2.38. The fourth-order valence-corrected chi connectivity index (χ4v) is 2.28. The topological polar surface area (TPSA) is 21.3 Å². The summed E-state index contributed by atoms with van der Waals surface area (Å²) in [7, 11) is 1.48. The Morgan fingerprint density at radius 1 is 1.15 bits per heavy atom. The molecule has 0 aliphatic rings. The molecule has 2 rings (SSSR count). The van der Waals surface area contributed by atoms with Gasteiger partial charge in [0.2, 0.25) is 0 Å². The molecule has 0 aliphatic heterocycles. The van der Waals surface area contributed by atoms with Crippen molar-refractivity contribution in [2.45, 2.75) is 20.4 Å². The normalized spacial score (nSPS) is 10.6. The van der Waals surface area contributed by atoms with Crippen LogP contribution in [-0.4, -0.2) is 13.7 Å². The van der Waals surface area contributed by atoms with Crippen molar-refractivity contribution in [3.8, 4) is 16.9 Å². The van der Waals surface area contributed by atoms with Crippen LogP contribution in [-0.2, 0) is 6.54 Å². The Morgan fingerprint density at radius 3 is 2.60 bits per heavy atom. The molecule has 0 fully saturated rings. The van der Waals surface area contributed by atoms with Crippen LogP contribution in [0.1, 0.15) is 18.1 Å². The maximum atomic E-state index is 14.3. The van der Waals surface area contributed by atoms with E-state index < -0.39 is 0 Å². The highest BCUT2D eigenvalue weighted by molar-refractivity contribution is 5.69. The number of aryl methyl sites for hydroxylation is 1. The first-order chi connectivity index (χ1) is 9.67. The Kier molecular flexibility index (Phi) is 4.74. The van der Waals surface area contributed by atoms with Gasteiger partial charge in [0.05, 0.1) is 7.11 Å². The van der Waals surface area contributed by atoms with Gasteiger partial charge in [-0.15, -0.1) is 0 Å². The lowest BCUT2D eigenvalue weighted by molar-refractivity contribution is 0.387. The molecule has 0 amide bonds. The zero-order chi connectivity index (χ0) is 14.5. The summed E-state index contributed by atoms with van der Waals surface area (Å²) in [5.41, 5.74) is 3.75. The number of halogens is 1. The fourth-order valence-electron chi connectivity index (χ4n) is 2.28. The molecule has 0 radical (unpaired) electrons. The fraction of sp³-hybridized carbons (Fsp3) is 0.294. The molecule has 20 heavy (non-hydrogen) atoms. The van der Waals surface area contributed by atoms with Crippen LogP contribution in [0.3, 0.4) is 0 Å². The van der Waals surface area contributed by atoms with Gasteiger partial charge in [-0.05, 0) is 36.2 Å². The van der Waals surface area contributed by atoms with E-state index >= 15 is 0 Å². The van der Waals surface area contributed by atoms with Crippen molar-refractivity contribution in [2.75, 3.05) is 13.7 Å². The van der Waals surface area contributed by atoms with Gasteiger partial charge in [-0.25, -0.2) is 4.39 Å². The number of benzene rings is 2. The summed E-state index contributed by atoms with van der Waals surface area (Å²) >= 11 is 0. The SMILES string of the molecule is CCNCc1ccc(-c2cccc(OC)c2F)c(C)c1. The van der Waals surface area contributed by atoms with Gasteiger partial charge in [-0.1, -0.05) is 37.3 Å². The Bertz CT molecular complexity index is 596. The van der Waals surface area contributed by atoms with Crippen LogP contribution < -0.4 is 10.1 Å². The predicted octanol–water partition coefficient (Wildman–Crippen LogP) is 3.92. The molecule has 1 N–H and O–H groups in total. The van der Waals surface area contributed by atoms with Crippen molar-refractivity contribution in [2.24, 2.45) is 0 Å². The second-order valence-electron chi connectivity index (χ2n) is 4.75. The summed E-state index contributed by atoms with van der Waals surface area (Å²) in [5.74, 6) is -0.0313. The van der Waals surface area contributed by atoms with E-state index in [-0.39, 0.29) is 11.6 Å². The summed E-state index contributed by atoms with van der Waals surface area (Å²) in [6.07, 6.45) is 0. The van der Waals surface area contributed by atoms with E-state index in [9.17, 15) is 4.39 Å². The average molecular weight is 273 g/mol. The Labute approximate surface area is 119 Å². The molecule has 0 aromatic heterocycles. The predicted molar refractivity (Wildman–Crippen MR) is 80.5 cm³/mol. The van der Waals surface area contributed by atoms with Gasteiger partial charge in [0.1, 0.15) is 0 Å². The van der Waals surface area contributed by atoms with Crippen LogP contribution in [0.5, 0.6) is 5.75 Å². The highest BCUT2D eigenvalue weighted by Crippen LogP contribution is 2.31. The Hall–Kier alpha value is -1.87. The first kappa shape index (κ1) is 14.5. The number of hydrogen-bond donors (Lipinski definition) is 1. The van der Waals surface area contributed by atoms with E-state index in [0.29, 0.717) is 5.56 Å². The Morgan fingerprint density at radius 2 is 1.95 bits per heavy atom. The first-order valence-corrected chi connectivity index (χ1v) is 6.80. The monoisotopic (exact) mass is 273 g/mol. The van der Waals surface area contributed by atoms with E-state index in [1.54, 1.807) is 12.1 Å². The quantitative estimate of drug-likeness (QED) is 0.891. The van der Waals surface area contributed by atoms with Crippen molar-refractivity contribution >= 4 is 0 Å². The molecule has 0 heterocycles. The molecule has 2 aromatic rings. The number of methoxy groups -OCH3 is 1. The van der Waals surface area contributed by atoms with Crippen molar-refractivity contribution in [1.82, 2.24) is 5.32 Å². The van der Waals surface area contributed by atoms with Gasteiger partial charge in [0.15, 0.2) is 11.6 Å². The van der Waals surface area contributed by atoms with E-state index in [2.05, 4.69) is 18.3 Å². The third kappa shape index (κ3) is 2.99. The van der Waals surface area contributed by atoms with Gasteiger partial charge >= 0.3 is 0 Å². The molecule has 3 heteroatoms. The van der Waals surface area contributed by atoms with Crippen LogP contribution in [0.2, 0.25) is 0 Å². The van der Waals surface area contributed by atoms with E-state index in [1.807, 2.05) is 25.1 Å². The number of hydrogen-bond acceptors (Lipinski definition) is 2. The average Bonchev–Trinajstić information content (AvgIpc) is 2.46. The van der Waals surface area contributed by atoms with Crippen LogP contribution >= 0.6 is 0 Å². The van der Waals surface area contributed by atoms with Crippen LogP contribution in [0.25, 0.3) is 11.1 Å². The summed E-state index contributed by atoms with van der Waals surface area (Å²) in [6.45, 7) is 5.85. The molecule has 106 valence electrons. The highest BCUT2D eigenvalue weighted by Gasteiger charge is 2.12. The van der Waals surface area contributed by atoms with Gasteiger partial charge in [-0.3, -0.25) is 0 Å². The van der Waals surface area contributed by atoms with Crippen molar-refractivity contribution in [1.29, 1.82) is 0 Å². The summed E-state index contributed by atoms with van der Waals surface area (Å²) in [6, 6.07) is 11.3. The molecular formula is C17H20FNO. The van der Waals surface area contributed by atoms with E-state index in [1.165, 1.54) is 12.7 Å². The minimum Gasteiger partial charge on any atom is -0.494 e. The van der Waals surface area contributed by atoms with Crippen molar-refractivity contribution in [3.63, 3.8) is 0 Å². The molecule has 2 nitrogen and oxygen atoms in total.